The number of carboxylic acid groups (broad SMARTS) is 1. The maximum absolute atomic E-state index is 12.5. The lowest BCUT2D eigenvalue weighted by molar-refractivity contribution is -0.149. The number of carbonyl (C=O) groups excluding carboxylic acids is 1. The molecule has 0 bridgehead atoms. The van der Waals surface area contributed by atoms with Crippen LogP contribution in [-0.2, 0) is 16.0 Å². The molecule has 1 aliphatic carbocycles. The van der Waals surface area contributed by atoms with Gasteiger partial charge >= 0.3 is 12.0 Å². The van der Waals surface area contributed by atoms with Crippen LogP contribution in [0.25, 0.3) is 0 Å². The number of benzene rings is 1. The predicted octanol–water partition coefficient (Wildman–Crippen LogP) is 3.71. The molecule has 1 unspecified atom stereocenters. The molecule has 7 heteroatoms. The first-order valence-electron chi connectivity index (χ1n) is 11.0. The van der Waals surface area contributed by atoms with Gasteiger partial charge in [-0.1, -0.05) is 25.0 Å². The molecule has 1 fully saturated rings. The number of ether oxygens (including phenoxy) is 2. The van der Waals surface area contributed by atoms with Gasteiger partial charge in [0.15, 0.2) is 6.10 Å². The highest BCUT2D eigenvalue weighted by Gasteiger charge is 2.22. The van der Waals surface area contributed by atoms with Crippen LogP contribution >= 0.6 is 0 Å². The van der Waals surface area contributed by atoms with E-state index in [0.717, 1.165) is 12.1 Å². The Morgan fingerprint density at radius 2 is 1.87 bits per heavy atom. The maximum atomic E-state index is 12.5. The average molecular weight is 421 g/mol. The summed E-state index contributed by atoms with van der Waals surface area (Å²) in [6.45, 7) is 7.78. The van der Waals surface area contributed by atoms with Crippen molar-refractivity contribution in [3.05, 3.63) is 29.8 Å². The fraction of sp³-hybridized carbons (Fsp3) is 0.652. The van der Waals surface area contributed by atoms with Crippen LogP contribution in [0.4, 0.5) is 4.79 Å². The molecule has 0 heterocycles. The molecule has 168 valence electrons. The third kappa shape index (κ3) is 8.22. The first-order valence-corrected chi connectivity index (χ1v) is 11.0. The van der Waals surface area contributed by atoms with E-state index in [1.807, 2.05) is 43.0 Å². The number of nitrogens with one attached hydrogen (secondary N) is 1. The van der Waals surface area contributed by atoms with Gasteiger partial charge in [0, 0.05) is 25.6 Å². The number of carboxylic acids is 1. The first-order chi connectivity index (χ1) is 14.4. The molecule has 1 saturated carbocycles. The van der Waals surface area contributed by atoms with E-state index in [1.54, 1.807) is 6.92 Å². The van der Waals surface area contributed by atoms with Crippen LogP contribution in [0, 0.1) is 5.92 Å². The van der Waals surface area contributed by atoms with Crippen LogP contribution in [0.1, 0.15) is 52.0 Å². The van der Waals surface area contributed by atoms with Crippen molar-refractivity contribution in [3.8, 4) is 5.75 Å². The third-order valence-corrected chi connectivity index (χ3v) is 5.27. The zero-order valence-electron chi connectivity index (χ0n) is 18.4. The summed E-state index contributed by atoms with van der Waals surface area (Å²) in [5, 5.41) is 12.2. The highest BCUT2D eigenvalue weighted by molar-refractivity contribution is 5.74. The van der Waals surface area contributed by atoms with Crippen molar-refractivity contribution in [2.75, 3.05) is 26.3 Å². The van der Waals surface area contributed by atoms with Gasteiger partial charge in [-0.2, -0.15) is 0 Å². The minimum atomic E-state index is -0.959. The number of urea groups is 1. The lowest BCUT2D eigenvalue weighted by Crippen LogP contribution is -2.46. The van der Waals surface area contributed by atoms with Gasteiger partial charge < -0.3 is 24.8 Å². The van der Waals surface area contributed by atoms with E-state index in [1.165, 1.54) is 25.7 Å². The molecule has 0 aromatic heterocycles. The molecule has 1 aliphatic rings. The first kappa shape index (κ1) is 24.0. The molecule has 30 heavy (non-hydrogen) atoms. The largest absolute Gasteiger partial charge is 0.492 e. The van der Waals surface area contributed by atoms with Gasteiger partial charge in [-0.3, -0.25) is 0 Å². The van der Waals surface area contributed by atoms with Gasteiger partial charge in [0.05, 0.1) is 6.54 Å². The quantitative estimate of drug-likeness (QED) is 0.538. The Hall–Kier alpha value is -2.28. The summed E-state index contributed by atoms with van der Waals surface area (Å²) in [4.78, 5) is 25.6. The SMILES string of the molecule is CCOC(Cc1ccc(OCCN(CC2CCCC2)C(=O)NC(C)C)cc1)C(=O)O. The number of hydrogen-bond acceptors (Lipinski definition) is 4. The van der Waals surface area contributed by atoms with Gasteiger partial charge in [-0.15, -0.1) is 0 Å². The average Bonchev–Trinajstić information content (AvgIpc) is 3.20. The number of rotatable bonds is 12. The van der Waals surface area contributed by atoms with E-state index in [9.17, 15) is 14.7 Å². The lowest BCUT2D eigenvalue weighted by Gasteiger charge is -2.27. The van der Waals surface area contributed by atoms with Crippen LogP contribution in [-0.4, -0.2) is 60.5 Å². The molecule has 0 spiro atoms. The van der Waals surface area contributed by atoms with Crippen molar-refractivity contribution in [3.63, 3.8) is 0 Å². The fourth-order valence-corrected chi connectivity index (χ4v) is 3.75. The molecular formula is C23H36N2O5. The smallest absolute Gasteiger partial charge is 0.333 e. The Kier molecular flexibility index (Phi) is 9.94. The molecule has 1 atom stereocenters. The second-order valence-electron chi connectivity index (χ2n) is 8.18. The third-order valence-electron chi connectivity index (χ3n) is 5.27. The van der Waals surface area contributed by atoms with Gasteiger partial charge in [0.25, 0.3) is 0 Å². The zero-order chi connectivity index (χ0) is 21.9. The van der Waals surface area contributed by atoms with Crippen molar-refractivity contribution < 1.29 is 24.2 Å². The van der Waals surface area contributed by atoms with Crippen LogP contribution in [0.5, 0.6) is 5.75 Å². The number of nitrogens with zero attached hydrogens (tertiary/aromatic N) is 1. The molecule has 1 aromatic carbocycles. The summed E-state index contributed by atoms with van der Waals surface area (Å²) in [5.74, 6) is 0.320. The van der Waals surface area contributed by atoms with Gasteiger partial charge in [0.1, 0.15) is 12.4 Å². The molecule has 7 nitrogen and oxygen atoms in total. The van der Waals surface area contributed by atoms with Crippen molar-refractivity contribution >= 4 is 12.0 Å². The van der Waals surface area contributed by atoms with Crippen molar-refractivity contribution in [2.45, 2.75) is 65.0 Å². The van der Waals surface area contributed by atoms with E-state index < -0.39 is 12.1 Å². The summed E-state index contributed by atoms with van der Waals surface area (Å²) in [6.07, 6.45) is 4.34. The molecule has 0 saturated heterocycles. The van der Waals surface area contributed by atoms with Gasteiger partial charge in [0.2, 0.25) is 0 Å². The van der Waals surface area contributed by atoms with E-state index in [0.29, 0.717) is 37.8 Å². The molecular weight excluding hydrogens is 384 g/mol. The van der Waals surface area contributed by atoms with E-state index in [4.69, 9.17) is 9.47 Å². The van der Waals surface area contributed by atoms with Crippen LogP contribution in [0.3, 0.4) is 0 Å². The molecule has 0 aliphatic heterocycles. The summed E-state index contributed by atoms with van der Waals surface area (Å²) in [6, 6.07) is 7.43. The standard InChI is InChI=1S/C23H36N2O5/c1-4-29-21(22(26)27)15-18-9-11-20(12-10-18)30-14-13-25(23(28)24-17(2)3)16-19-7-5-6-8-19/h9-12,17,19,21H,4-8,13-16H2,1-3H3,(H,24,28)(H,26,27). The van der Waals surface area contributed by atoms with E-state index in [2.05, 4.69) is 5.32 Å². The Balaban J connectivity index is 1.85. The topological polar surface area (TPSA) is 88.1 Å². The highest BCUT2D eigenvalue weighted by Crippen LogP contribution is 2.25. The second-order valence-corrected chi connectivity index (χ2v) is 8.18. The maximum Gasteiger partial charge on any atom is 0.333 e. The number of amides is 2. The Morgan fingerprint density at radius 3 is 2.43 bits per heavy atom. The minimum Gasteiger partial charge on any atom is -0.492 e. The van der Waals surface area contributed by atoms with E-state index >= 15 is 0 Å². The molecule has 1 aromatic rings. The van der Waals surface area contributed by atoms with Crippen molar-refractivity contribution in [2.24, 2.45) is 5.92 Å². The van der Waals surface area contributed by atoms with E-state index in [-0.39, 0.29) is 12.1 Å². The Bertz CT molecular complexity index is 656. The summed E-state index contributed by atoms with van der Waals surface area (Å²) in [7, 11) is 0. The molecule has 0 radical (unpaired) electrons. The second kappa shape index (κ2) is 12.4. The summed E-state index contributed by atoms with van der Waals surface area (Å²) in [5.41, 5.74) is 0.877. The summed E-state index contributed by atoms with van der Waals surface area (Å²) >= 11 is 0. The van der Waals surface area contributed by atoms with Crippen LogP contribution in [0.2, 0.25) is 0 Å². The normalized spacial score (nSPS) is 15.2. The number of carbonyl (C=O) groups is 2. The molecule has 2 N–H and O–H groups in total. The predicted molar refractivity (Wildman–Crippen MR) is 116 cm³/mol. The monoisotopic (exact) mass is 420 g/mol. The summed E-state index contributed by atoms with van der Waals surface area (Å²) < 4.78 is 11.1. The van der Waals surface area contributed by atoms with Gasteiger partial charge in [-0.05, 0) is 57.2 Å². The lowest BCUT2D eigenvalue weighted by atomic mass is 10.1. The van der Waals surface area contributed by atoms with Crippen LogP contribution < -0.4 is 10.1 Å². The zero-order valence-corrected chi connectivity index (χ0v) is 18.4. The molecule has 2 rings (SSSR count). The van der Waals surface area contributed by atoms with Crippen molar-refractivity contribution in [1.82, 2.24) is 10.2 Å². The highest BCUT2D eigenvalue weighted by atomic mass is 16.5. The Labute approximate surface area is 179 Å². The molecule has 2 amide bonds. The number of aliphatic carboxylic acids is 1. The minimum absolute atomic E-state index is 0.0357. The Morgan fingerprint density at radius 1 is 1.20 bits per heavy atom. The van der Waals surface area contributed by atoms with Gasteiger partial charge in [-0.25, -0.2) is 9.59 Å². The van der Waals surface area contributed by atoms with Crippen molar-refractivity contribution in [1.29, 1.82) is 0 Å². The fourth-order valence-electron chi connectivity index (χ4n) is 3.75. The van der Waals surface area contributed by atoms with Crippen LogP contribution in [0.15, 0.2) is 24.3 Å². The number of hydrogen-bond donors (Lipinski definition) is 2.